The summed E-state index contributed by atoms with van der Waals surface area (Å²) in [7, 11) is -3.41. The summed E-state index contributed by atoms with van der Waals surface area (Å²) in [5, 5.41) is 0. The number of aromatic nitrogens is 2. The summed E-state index contributed by atoms with van der Waals surface area (Å²) < 4.78 is 42.8. The van der Waals surface area contributed by atoms with Crippen LogP contribution in [0.2, 0.25) is 39.3 Å². The molecule has 0 spiro atoms. The second-order valence-corrected chi connectivity index (χ2v) is 23.1. The third-order valence-electron chi connectivity index (χ3n) is 4.58. The van der Waals surface area contributed by atoms with E-state index in [9.17, 15) is 0 Å². The molecule has 3 rings (SSSR count). The first-order valence-corrected chi connectivity index (χ1v) is 18.8. The molecule has 0 N–H and O–H groups in total. The van der Waals surface area contributed by atoms with Gasteiger partial charge in [0.2, 0.25) is 0 Å². The van der Waals surface area contributed by atoms with Crippen molar-refractivity contribution in [3.8, 4) is 22.4 Å². The van der Waals surface area contributed by atoms with Gasteiger partial charge in [0.1, 0.15) is 5.43 Å². The van der Waals surface area contributed by atoms with Crippen molar-refractivity contribution in [1.29, 1.82) is 0 Å². The third-order valence-corrected chi connectivity index (χ3v) is 20.9. The molecule has 11 heteroatoms. The summed E-state index contributed by atoms with van der Waals surface area (Å²) in [6.45, 7) is 37.6. The van der Waals surface area contributed by atoms with Crippen molar-refractivity contribution in [3.63, 3.8) is 0 Å². The molecule has 0 amide bonds. The fourth-order valence-electron chi connectivity index (χ4n) is 4.03. The second-order valence-electron chi connectivity index (χ2n) is 9.07. The Labute approximate surface area is 237 Å². The summed E-state index contributed by atoms with van der Waals surface area (Å²) >= 11 is 0. The van der Waals surface area contributed by atoms with E-state index in [0.29, 0.717) is 4.91 Å². The minimum absolute atomic E-state index is 0. The van der Waals surface area contributed by atoms with Gasteiger partial charge in [0.25, 0.3) is 0 Å². The van der Waals surface area contributed by atoms with E-state index in [0.717, 1.165) is 11.4 Å². The predicted molar refractivity (Wildman–Crippen MR) is 141 cm³/mol. The molecule has 1 aromatic heterocycles. The van der Waals surface area contributed by atoms with Crippen molar-refractivity contribution in [2.45, 2.75) is 44.2 Å². The average molecular weight is 721 g/mol. The zero-order chi connectivity index (χ0) is 28.9. The summed E-state index contributed by atoms with van der Waals surface area (Å²) in [5.41, 5.74) is 3.61. The van der Waals surface area contributed by atoms with Crippen LogP contribution in [0.1, 0.15) is 4.91 Å². The van der Waals surface area contributed by atoms with Crippen LogP contribution < -0.4 is 0 Å². The van der Waals surface area contributed by atoms with Crippen molar-refractivity contribution in [2.75, 3.05) is 0 Å². The van der Waals surface area contributed by atoms with E-state index >= 15 is 0 Å². The molecule has 192 valence electrons. The van der Waals surface area contributed by atoms with E-state index in [2.05, 4.69) is 133 Å². The van der Waals surface area contributed by atoms with E-state index in [4.69, 9.17) is 33.0 Å². The number of nitrogens with zero attached hydrogens (tertiary/aromatic N) is 2. The molecule has 1 unspecified atom stereocenters. The molecule has 0 saturated carbocycles. The van der Waals surface area contributed by atoms with Crippen LogP contribution in [-0.2, 0) is 44.3 Å². The first-order chi connectivity index (χ1) is 17.2. The molecule has 0 aliphatic heterocycles. The summed E-state index contributed by atoms with van der Waals surface area (Å²) in [6, 6.07) is 21.2. The zero-order valence-corrected chi connectivity index (χ0v) is 27.5. The van der Waals surface area contributed by atoms with Crippen LogP contribution in [0.5, 0.6) is 0 Å². The van der Waals surface area contributed by atoms with Gasteiger partial charge in [-0.25, -0.2) is 9.73 Å². The van der Waals surface area contributed by atoms with Gasteiger partial charge >= 0.3 is 56.5 Å². The van der Waals surface area contributed by atoms with Crippen molar-refractivity contribution < 1.29 is 44.3 Å². The smallest absolute Gasteiger partial charge is 0 e. The molecular weight excluding hydrogens is 691 g/mol. The van der Waals surface area contributed by atoms with Gasteiger partial charge in [0.15, 0.2) is 5.82 Å². The van der Waals surface area contributed by atoms with Crippen molar-refractivity contribution in [2.24, 2.45) is 0 Å². The molecular formula is C26H29N2O5PSi2W. The maximum absolute atomic E-state index is 7.50. The Bertz CT molecular complexity index is 1050. The van der Waals surface area contributed by atoms with Crippen molar-refractivity contribution in [3.05, 3.63) is 93.9 Å². The van der Waals surface area contributed by atoms with E-state index in [1.54, 1.807) is 0 Å². The van der Waals surface area contributed by atoms with Gasteiger partial charge in [-0.15, -0.1) is 0 Å². The Kier molecular flexibility index (Phi) is 26.2. The largest absolute Gasteiger partial charge is 0 e. The molecule has 3 aromatic rings. The zero-order valence-electron chi connectivity index (χ0n) is 21.6. The van der Waals surface area contributed by atoms with Gasteiger partial charge in [-0.3, -0.25) is 0 Å². The number of hydrogen-bond acceptors (Lipinski definition) is 2. The maximum Gasteiger partial charge on any atom is 0 e. The first kappa shape index (κ1) is 42.0. The van der Waals surface area contributed by atoms with E-state index in [-0.39, 0.29) is 21.1 Å². The first-order valence-electron chi connectivity index (χ1n) is 10.3. The van der Waals surface area contributed by atoms with Crippen LogP contribution in [0.4, 0.5) is 0 Å². The quantitative estimate of drug-likeness (QED) is 0.162. The standard InChI is InChI=1S/C21H29N2PSi2.5CO.W/c1-25(2,3)21(26(4,5)6)24-20(18-15-11-8-12-16-18)22-19(23-24)17-13-9-7-10-14-17;5*1-2;/h7-16,21H,1-6H3;;;;;;. The molecule has 1 atom stereocenters. The molecule has 0 aliphatic rings. The SMILES string of the molecule is C[Si](C)(C)C(p1nc(-c2ccccc2)nc1-c1ccccc1)[Si](C)(C)C.[C-]#[O+].[C-]#[O+].[C-]#[O+].[C-]#[O+].[C-]#[O+].[W]. The van der Waals surface area contributed by atoms with Crippen LogP contribution in [0.15, 0.2) is 60.7 Å². The van der Waals surface area contributed by atoms with Crippen LogP contribution in [-0.4, -0.2) is 25.9 Å². The predicted octanol–water partition coefficient (Wildman–Crippen LogP) is 6.90. The molecule has 0 saturated heterocycles. The maximum atomic E-state index is 7.50. The Hall–Kier alpha value is -2.10. The minimum atomic E-state index is -1.39. The fourth-order valence-corrected chi connectivity index (χ4v) is 22.8. The van der Waals surface area contributed by atoms with Gasteiger partial charge in [0, 0.05) is 37.1 Å². The molecule has 0 bridgehead atoms. The number of hydrogen-bond donors (Lipinski definition) is 0. The monoisotopic (exact) mass is 720 g/mol. The van der Waals surface area contributed by atoms with Crippen LogP contribution >= 0.6 is 7.69 Å². The topological polar surface area (TPSA) is 125 Å². The molecule has 37 heavy (non-hydrogen) atoms. The Morgan fingerprint density at radius 1 is 0.595 bits per heavy atom. The van der Waals surface area contributed by atoms with Crippen LogP contribution in [0.25, 0.3) is 22.4 Å². The number of benzene rings is 2. The van der Waals surface area contributed by atoms with Gasteiger partial charge in [-0.2, -0.15) is 0 Å². The fraction of sp³-hybridized carbons (Fsp3) is 0.269. The molecule has 7 nitrogen and oxygen atoms in total. The molecule has 1 heterocycles. The molecule has 0 radical (unpaired) electrons. The summed E-state index contributed by atoms with van der Waals surface area (Å²) in [6.07, 6.45) is 0. The Morgan fingerprint density at radius 2 is 0.919 bits per heavy atom. The molecule has 0 fully saturated rings. The van der Waals surface area contributed by atoms with Gasteiger partial charge in [-0.05, 0) is 7.69 Å². The van der Waals surface area contributed by atoms with E-state index < -0.39 is 23.8 Å². The second kappa shape index (κ2) is 23.1. The Balaban J connectivity index is -0.000000444. The summed E-state index contributed by atoms with van der Waals surface area (Å²) in [4.78, 5) is 5.81. The van der Waals surface area contributed by atoms with Gasteiger partial charge in [-0.1, -0.05) is 99.9 Å². The molecule has 0 aliphatic carbocycles. The van der Waals surface area contributed by atoms with Crippen molar-refractivity contribution in [1.82, 2.24) is 9.73 Å². The van der Waals surface area contributed by atoms with E-state index in [1.165, 1.54) is 11.0 Å². The average Bonchev–Trinajstić information content (AvgIpc) is 3.33. The minimum Gasteiger partial charge on any atom is 0 e. The van der Waals surface area contributed by atoms with Gasteiger partial charge in [0.05, 0.1) is 16.1 Å². The summed E-state index contributed by atoms with van der Waals surface area (Å²) in [5.74, 6) is 0.928. The normalized spacial score (nSPS) is 9.59. The third kappa shape index (κ3) is 13.9. The van der Waals surface area contributed by atoms with Crippen LogP contribution in [0.3, 0.4) is 0 Å². The number of rotatable bonds is 5. The Morgan fingerprint density at radius 3 is 1.24 bits per heavy atom. The molecule has 2 aromatic carbocycles. The van der Waals surface area contributed by atoms with Crippen LogP contribution in [0, 0.1) is 33.3 Å². The van der Waals surface area contributed by atoms with Gasteiger partial charge < -0.3 is 0 Å². The van der Waals surface area contributed by atoms with Crippen molar-refractivity contribution >= 4 is 23.8 Å². The van der Waals surface area contributed by atoms with E-state index in [1.807, 2.05) is 0 Å².